The Balaban J connectivity index is 0.000000681. The Labute approximate surface area is 232 Å². The molecule has 38 heavy (non-hydrogen) atoms. The highest BCUT2D eigenvalue weighted by Crippen LogP contribution is 2.45. The van der Waals surface area contributed by atoms with E-state index in [0.717, 1.165) is 48.8 Å². The van der Waals surface area contributed by atoms with Gasteiger partial charge in [0.05, 0.1) is 5.56 Å². The Morgan fingerprint density at radius 3 is 1.97 bits per heavy atom. The molecule has 1 aromatic rings. The van der Waals surface area contributed by atoms with Gasteiger partial charge in [0.15, 0.2) is 0 Å². The van der Waals surface area contributed by atoms with Gasteiger partial charge >= 0.3 is 6.18 Å². The van der Waals surface area contributed by atoms with Crippen LogP contribution in [0.3, 0.4) is 0 Å². The average Bonchev–Trinajstić information content (AvgIpc) is 2.86. The molecule has 2 saturated carbocycles. The van der Waals surface area contributed by atoms with E-state index >= 15 is 0 Å². The molecule has 0 radical (unpaired) electrons. The second-order valence-electron chi connectivity index (χ2n) is 11.9. The number of amides is 1. The quantitative estimate of drug-likeness (QED) is 0.358. The first-order chi connectivity index (χ1) is 17.8. The van der Waals surface area contributed by atoms with Gasteiger partial charge in [-0.05, 0) is 79.9 Å². The number of carbonyl (C=O) groups is 1. The predicted octanol–water partition coefficient (Wildman–Crippen LogP) is 10.3. The minimum absolute atomic E-state index is 0.215. The molecule has 0 saturated heterocycles. The molecule has 0 spiro atoms. The van der Waals surface area contributed by atoms with Gasteiger partial charge in [0.1, 0.15) is 0 Å². The zero-order chi connectivity index (χ0) is 29.5. The molecular weight excluding hydrogens is 483 g/mol. The number of nitrogens with one attached hydrogen (secondary N) is 1. The van der Waals surface area contributed by atoms with Gasteiger partial charge in [-0.25, -0.2) is 0 Å². The summed E-state index contributed by atoms with van der Waals surface area (Å²) in [4.78, 5) is 12.7. The summed E-state index contributed by atoms with van der Waals surface area (Å²) in [5.41, 5.74) is 0.120. The molecule has 220 valence electrons. The van der Waals surface area contributed by atoms with E-state index in [-0.39, 0.29) is 11.3 Å². The standard InChI is InChI=1S/C19H35NO.C9H9F3.C3H8.C2H4/c1-6-7-8-19(4,5)18(21)20-17-14(3)11-15-9-13(2)10-16(17)12-15;1-2-7-3-5-8(6-4-7)9(10,11)12;1-3-2;1-2/h13-17H,6-12H2,1-5H3,(H,20,21);3-6H,2H2,1H3;3H2,1-2H3;1-2H2. The van der Waals surface area contributed by atoms with Gasteiger partial charge in [-0.15, -0.1) is 13.2 Å². The van der Waals surface area contributed by atoms with E-state index in [9.17, 15) is 18.0 Å². The maximum atomic E-state index is 12.7. The lowest BCUT2D eigenvalue weighted by molar-refractivity contribution is -0.137. The lowest BCUT2D eigenvalue weighted by Gasteiger charge is -2.47. The SMILES string of the molecule is C=C.CCC.CCCCC(C)(C)C(=O)NC1C(C)CC2CC(C)CC1C2.CCc1ccc(C(F)(F)F)cc1. The summed E-state index contributed by atoms with van der Waals surface area (Å²) in [6.07, 6.45) is 6.47. The summed E-state index contributed by atoms with van der Waals surface area (Å²) in [5.74, 6) is 3.40. The number of rotatable bonds is 6. The van der Waals surface area contributed by atoms with Crippen molar-refractivity contribution < 1.29 is 18.0 Å². The second kappa shape index (κ2) is 17.7. The molecule has 1 aromatic carbocycles. The molecule has 0 heterocycles. The molecule has 2 nitrogen and oxygen atoms in total. The summed E-state index contributed by atoms with van der Waals surface area (Å²) < 4.78 is 36.1. The topological polar surface area (TPSA) is 29.1 Å². The fraction of sp³-hybridized carbons (Fsp3) is 0.727. The first-order valence-electron chi connectivity index (χ1n) is 14.8. The van der Waals surface area contributed by atoms with Crippen molar-refractivity contribution in [2.75, 3.05) is 0 Å². The molecule has 2 aliphatic carbocycles. The fourth-order valence-corrected chi connectivity index (χ4v) is 5.69. The third-order valence-corrected chi connectivity index (χ3v) is 7.66. The highest BCUT2D eigenvalue weighted by molar-refractivity contribution is 5.82. The smallest absolute Gasteiger partial charge is 0.352 e. The monoisotopic (exact) mass is 539 g/mol. The molecule has 2 aliphatic rings. The van der Waals surface area contributed by atoms with Crippen molar-refractivity contribution >= 4 is 5.91 Å². The van der Waals surface area contributed by atoms with Gasteiger partial charge in [0, 0.05) is 11.5 Å². The van der Waals surface area contributed by atoms with Crippen LogP contribution in [-0.4, -0.2) is 11.9 Å². The van der Waals surface area contributed by atoms with Crippen molar-refractivity contribution in [1.82, 2.24) is 5.32 Å². The van der Waals surface area contributed by atoms with Crippen LogP contribution in [0.25, 0.3) is 0 Å². The zero-order valence-corrected chi connectivity index (χ0v) is 25.5. The first-order valence-corrected chi connectivity index (χ1v) is 14.8. The average molecular weight is 540 g/mol. The maximum Gasteiger partial charge on any atom is 0.416 e. The number of alkyl halides is 3. The first kappa shape index (κ1) is 36.2. The Morgan fingerprint density at radius 1 is 0.947 bits per heavy atom. The minimum atomic E-state index is -4.22. The number of hydrogen-bond acceptors (Lipinski definition) is 1. The third-order valence-electron chi connectivity index (χ3n) is 7.66. The normalized spacial score (nSPS) is 24.3. The Morgan fingerprint density at radius 2 is 1.50 bits per heavy atom. The zero-order valence-electron chi connectivity index (χ0n) is 25.5. The van der Waals surface area contributed by atoms with E-state index in [1.165, 1.54) is 50.7 Å². The number of fused-ring (bicyclic) bond motifs is 2. The van der Waals surface area contributed by atoms with E-state index in [1.54, 1.807) is 0 Å². The lowest BCUT2D eigenvalue weighted by Crippen LogP contribution is -2.53. The molecule has 0 aliphatic heterocycles. The molecule has 0 aromatic heterocycles. The highest BCUT2D eigenvalue weighted by Gasteiger charge is 2.42. The summed E-state index contributed by atoms with van der Waals surface area (Å²) >= 11 is 0. The van der Waals surface area contributed by atoms with Crippen LogP contribution >= 0.6 is 0 Å². The van der Waals surface area contributed by atoms with Crippen molar-refractivity contribution in [3.8, 4) is 0 Å². The van der Waals surface area contributed by atoms with Crippen molar-refractivity contribution in [1.29, 1.82) is 0 Å². The van der Waals surface area contributed by atoms with Crippen molar-refractivity contribution in [2.45, 2.75) is 125 Å². The number of hydrogen-bond donors (Lipinski definition) is 1. The molecule has 5 heteroatoms. The van der Waals surface area contributed by atoms with Gasteiger partial charge in [0.2, 0.25) is 5.91 Å². The van der Waals surface area contributed by atoms with Gasteiger partial charge in [-0.1, -0.05) is 86.8 Å². The van der Waals surface area contributed by atoms with E-state index in [2.05, 4.69) is 66.9 Å². The molecule has 5 unspecified atom stereocenters. The van der Waals surface area contributed by atoms with Gasteiger partial charge in [-0.2, -0.15) is 13.2 Å². The molecule has 2 fully saturated rings. The molecule has 1 amide bonds. The Kier molecular flexibility index (Phi) is 16.9. The minimum Gasteiger partial charge on any atom is -0.352 e. The van der Waals surface area contributed by atoms with E-state index in [4.69, 9.17) is 0 Å². The molecule has 3 rings (SSSR count). The maximum absolute atomic E-state index is 12.7. The summed E-state index contributed by atoms with van der Waals surface area (Å²) in [6.45, 7) is 23.3. The van der Waals surface area contributed by atoms with Crippen LogP contribution in [0.15, 0.2) is 37.4 Å². The number of aryl methyl sites for hydroxylation is 1. The Hall–Kier alpha value is -1.78. The number of carbonyl (C=O) groups excluding carboxylic acids is 1. The lowest BCUT2D eigenvalue weighted by atomic mass is 9.63. The molecule has 1 N–H and O–H groups in total. The van der Waals surface area contributed by atoms with Crippen LogP contribution in [0.2, 0.25) is 0 Å². The van der Waals surface area contributed by atoms with Crippen molar-refractivity contribution in [3.05, 3.63) is 48.6 Å². The summed E-state index contributed by atoms with van der Waals surface area (Å²) in [6, 6.07) is 5.64. The predicted molar refractivity (Wildman–Crippen MR) is 157 cm³/mol. The Bertz CT molecular complexity index is 767. The highest BCUT2D eigenvalue weighted by atomic mass is 19.4. The third kappa shape index (κ3) is 12.4. The number of halogens is 3. The van der Waals surface area contributed by atoms with Crippen molar-refractivity contribution in [3.63, 3.8) is 0 Å². The molecule has 5 atom stereocenters. The van der Waals surface area contributed by atoms with Gasteiger partial charge in [-0.3, -0.25) is 4.79 Å². The van der Waals surface area contributed by atoms with Crippen LogP contribution in [-0.2, 0) is 17.4 Å². The van der Waals surface area contributed by atoms with Crippen LogP contribution in [0.5, 0.6) is 0 Å². The molecular formula is C33H56F3NO. The van der Waals surface area contributed by atoms with E-state index in [1.807, 2.05) is 6.92 Å². The van der Waals surface area contributed by atoms with Crippen LogP contribution in [0.1, 0.15) is 118 Å². The van der Waals surface area contributed by atoms with Crippen LogP contribution in [0.4, 0.5) is 13.2 Å². The van der Waals surface area contributed by atoms with Crippen LogP contribution < -0.4 is 5.32 Å². The number of unbranched alkanes of at least 4 members (excludes halogenated alkanes) is 1. The van der Waals surface area contributed by atoms with Crippen LogP contribution in [0, 0.1) is 29.1 Å². The summed E-state index contributed by atoms with van der Waals surface area (Å²) in [7, 11) is 0. The fourth-order valence-electron chi connectivity index (χ4n) is 5.69. The van der Waals surface area contributed by atoms with Gasteiger partial charge in [0.25, 0.3) is 0 Å². The second-order valence-corrected chi connectivity index (χ2v) is 11.9. The summed E-state index contributed by atoms with van der Waals surface area (Å²) in [5, 5.41) is 3.45. The number of benzene rings is 1. The van der Waals surface area contributed by atoms with E-state index < -0.39 is 11.7 Å². The largest absolute Gasteiger partial charge is 0.416 e. The van der Waals surface area contributed by atoms with E-state index in [0.29, 0.717) is 17.9 Å². The van der Waals surface area contributed by atoms with Crippen molar-refractivity contribution in [2.24, 2.45) is 29.1 Å². The van der Waals surface area contributed by atoms with Gasteiger partial charge < -0.3 is 5.32 Å². The molecule has 2 bridgehead atoms.